The van der Waals surface area contributed by atoms with Crippen molar-refractivity contribution >= 4 is 21.6 Å². The van der Waals surface area contributed by atoms with Crippen LogP contribution in [-0.2, 0) is 10.0 Å². The summed E-state index contributed by atoms with van der Waals surface area (Å²) < 4.78 is 25.5. The fraction of sp³-hybridized carbons (Fsp3) is 0.588. The molecule has 0 spiro atoms. The third-order valence-electron chi connectivity index (χ3n) is 4.77. The van der Waals surface area contributed by atoms with Gasteiger partial charge in [0.2, 0.25) is 10.0 Å². The summed E-state index contributed by atoms with van der Waals surface area (Å²) in [7, 11) is -3.22. The molecule has 2 atom stereocenters. The van der Waals surface area contributed by atoms with E-state index in [1.165, 1.54) is 10.7 Å². The Bertz CT molecular complexity index is 687. The highest BCUT2D eigenvalue weighted by Crippen LogP contribution is 2.26. The lowest BCUT2D eigenvalue weighted by Crippen LogP contribution is -2.38. The van der Waals surface area contributed by atoms with Crippen molar-refractivity contribution in [2.45, 2.75) is 45.1 Å². The molecule has 1 saturated carbocycles. The van der Waals surface area contributed by atoms with E-state index in [1.807, 2.05) is 0 Å². The predicted molar refractivity (Wildman–Crippen MR) is 91.1 cm³/mol. The summed E-state index contributed by atoms with van der Waals surface area (Å²) in [5.74, 6) is 0.723. The molecule has 6 heteroatoms. The van der Waals surface area contributed by atoms with Crippen LogP contribution < -0.4 is 9.62 Å². The minimum Gasteiger partial charge on any atom is -0.349 e. The van der Waals surface area contributed by atoms with Crippen LogP contribution in [0.15, 0.2) is 24.3 Å². The lowest BCUT2D eigenvalue weighted by atomic mass is 9.87. The van der Waals surface area contributed by atoms with Crippen molar-refractivity contribution in [1.29, 1.82) is 0 Å². The molecule has 0 bridgehead atoms. The largest absolute Gasteiger partial charge is 0.349 e. The molecule has 1 amide bonds. The average molecular weight is 336 g/mol. The predicted octanol–water partition coefficient (Wildman–Crippen LogP) is 2.54. The molecule has 1 N–H and O–H groups in total. The second-order valence-electron chi connectivity index (χ2n) is 6.73. The first-order valence-electron chi connectivity index (χ1n) is 8.37. The van der Waals surface area contributed by atoms with Crippen molar-refractivity contribution < 1.29 is 13.2 Å². The van der Waals surface area contributed by atoms with Crippen LogP contribution >= 0.6 is 0 Å². The number of nitrogens with zero attached hydrogens (tertiary/aromatic N) is 1. The number of nitrogens with one attached hydrogen (secondary N) is 1. The van der Waals surface area contributed by atoms with E-state index in [0.29, 0.717) is 30.1 Å². The van der Waals surface area contributed by atoms with E-state index >= 15 is 0 Å². The van der Waals surface area contributed by atoms with Gasteiger partial charge in [-0.15, -0.1) is 0 Å². The van der Waals surface area contributed by atoms with Crippen molar-refractivity contribution in [3.63, 3.8) is 0 Å². The Hall–Kier alpha value is -1.56. The van der Waals surface area contributed by atoms with Crippen molar-refractivity contribution in [1.82, 2.24) is 5.32 Å². The van der Waals surface area contributed by atoms with E-state index in [2.05, 4.69) is 12.2 Å². The number of amides is 1. The quantitative estimate of drug-likeness (QED) is 0.922. The smallest absolute Gasteiger partial charge is 0.251 e. The van der Waals surface area contributed by atoms with Crippen LogP contribution in [0.4, 0.5) is 5.69 Å². The molecule has 1 aromatic rings. The van der Waals surface area contributed by atoms with E-state index in [0.717, 1.165) is 19.3 Å². The molecule has 1 heterocycles. The zero-order valence-corrected chi connectivity index (χ0v) is 14.3. The van der Waals surface area contributed by atoms with Crippen LogP contribution in [0, 0.1) is 5.92 Å². The van der Waals surface area contributed by atoms with Crippen LogP contribution in [0.2, 0.25) is 0 Å². The third-order valence-corrected chi connectivity index (χ3v) is 6.64. The zero-order valence-electron chi connectivity index (χ0n) is 13.5. The van der Waals surface area contributed by atoms with Gasteiger partial charge in [0.1, 0.15) is 0 Å². The monoisotopic (exact) mass is 336 g/mol. The fourth-order valence-electron chi connectivity index (χ4n) is 3.57. The highest BCUT2D eigenvalue weighted by atomic mass is 32.2. The standard InChI is InChI=1S/C17H24N2O3S/c1-13-5-2-7-15(11-13)18-17(20)14-6-3-8-16(12-14)19-9-4-10-23(19,21)22/h3,6,8,12-13,15H,2,4-5,7,9-11H2,1H3,(H,18,20)/t13-,15-/m1/s1. The summed E-state index contributed by atoms with van der Waals surface area (Å²) in [6.45, 7) is 2.71. The second-order valence-corrected chi connectivity index (χ2v) is 8.75. The van der Waals surface area contributed by atoms with E-state index in [-0.39, 0.29) is 17.7 Å². The molecule has 0 aromatic heterocycles. The molecule has 2 aliphatic rings. The number of anilines is 1. The van der Waals surface area contributed by atoms with Crippen LogP contribution in [0.3, 0.4) is 0 Å². The number of hydrogen-bond donors (Lipinski definition) is 1. The maximum atomic E-state index is 12.5. The van der Waals surface area contributed by atoms with Crippen LogP contribution in [0.1, 0.15) is 49.4 Å². The van der Waals surface area contributed by atoms with E-state index in [1.54, 1.807) is 24.3 Å². The Morgan fingerprint density at radius 1 is 1.26 bits per heavy atom. The molecule has 2 fully saturated rings. The van der Waals surface area contributed by atoms with Crippen LogP contribution in [0.25, 0.3) is 0 Å². The molecular formula is C17H24N2O3S. The van der Waals surface area contributed by atoms with Crippen molar-refractivity contribution in [2.75, 3.05) is 16.6 Å². The number of rotatable bonds is 3. The van der Waals surface area contributed by atoms with Crippen LogP contribution in [-0.4, -0.2) is 32.7 Å². The first-order valence-corrected chi connectivity index (χ1v) is 9.98. The summed E-state index contributed by atoms with van der Waals surface area (Å²) in [5.41, 5.74) is 1.12. The van der Waals surface area contributed by atoms with Gasteiger partial charge in [-0.3, -0.25) is 9.10 Å². The van der Waals surface area contributed by atoms with E-state index in [4.69, 9.17) is 0 Å². The van der Waals surface area contributed by atoms with Crippen LogP contribution in [0.5, 0.6) is 0 Å². The average Bonchev–Trinajstić information content (AvgIpc) is 2.87. The zero-order chi connectivity index (χ0) is 16.4. The second kappa shape index (κ2) is 6.51. The van der Waals surface area contributed by atoms with Gasteiger partial charge in [0.15, 0.2) is 0 Å². The number of sulfonamides is 1. The Kier molecular flexibility index (Phi) is 4.62. The molecule has 126 valence electrons. The maximum absolute atomic E-state index is 12.5. The minimum atomic E-state index is -3.22. The molecule has 1 aromatic carbocycles. The van der Waals surface area contributed by atoms with Crippen molar-refractivity contribution in [3.8, 4) is 0 Å². The Labute approximate surface area is 138 Å². The van der Waals surface area contributed by atoms with Crippen molar-refractivity contribution in [3.05, 3.63) is 29.8 Å². The lowest BCUT2D eigenvalue weighted by molar-refractivity contribution is 0.0921. The summed E-state index contributed by atoms with van der Waals surface area (Å²) >= 11 is 0. The first kappa shape index (κ1) is 16.3. The summed E-state index contributed by atoms with van der Waals surface area (Å²) in [6.07, 6.45) is 5.06. The molecule has 3 rings (SSSR count). The Morgan fingerprint density at radius 3 is 2.78 bits per heavy atom. The number of hydrogen-bond acceptors (Lipinski definition) is 3. The summed E-state index contributed by atoms with van der Waals surface area (Å²) in [6, 6.07) is 7.16. The van der Waals surface area contributed by atoms with Gasteiger partial charge in [-0.05, 0) is 43.4 Å². The van der Waals surface area contributed by atoms with Gasteiger partial charge in [-0.25, -0.2) is 8.42 Å². The van der Waals surface area contributed by atoms with E-state index in [9.17, 15) is 13.2 Å². The molecular weight excluding hydrogens is 312 g/mol. The molecule has 1 saturated heterocycles. The number of benzene rings is 1. The minimum absolute atomic E-state index is 0.109. The SMILES string of the molecule is C[C@@H]1CCC[C@@H](NC(=O)c2cccc(N3CCCS3(=O)=O)c2)C1. The van der Waals surface area contributed by atoms with Gasteiger partial charge in [0.05, 0.1) is 11.4 Å². The highest BCUT2D eigenvalue weighted by molar-refractivity contribution is 7.93. The molecule has 23 heavy (non-hydrogen) atoms. The van der Waals surface area contributed by atoms with Gasteiger partial charge in [0.25, 0.3) is 5.91 Å². The summed E-state index contributed by atoms with van der Waals surface area (Å²) in [4.78, 5) is 12.5. The molecule has 0 unspecified atom stereocenters. The molecule has 1 aliphatic carbocycles. The van der Waals surface area contributed by atoms with Crippen molar-refractivity contribution in [2.24, 2.45) is 5.92 Å². The third kappa shape index (κ3) is 3.68. The normalized spacial score (nSPS) is 26.9. The Balaban J connectivity index is 1.73. The van der Waals surface area contributed by atoms with Gasteiger partial charge in [-0.1, -0.05) is 25.8 Å². The Morgan fingerprint density at radius 2 is 2.09 bits per heavy atom. The van der Waals surface area contributed by atoms with E-state index < -0.39 is 10.0 Å². The van der Waals surface area contributed by atoms with Gasteiger partial charge in [0, 0.05) is 18.2 Å². The van der Waals surface area contributed by atoms with Gasteiger partial charge < -0.3 is 5.32 Å². The summed E-state index contributed by atoms with van der Waals surface area (Å²) in [5, 5.41) is 3.10. The highest BCUT2D eigenvalue weighted by Gasteiger charge is 2.29. The topological polar surface area (TPSA) is 66.5 Å². The van der Waals surface area contributed by atoms with Gasteiger partial charge in [-0.2, -0.15) is 0 Å². The fourth-order valence-corrected chi connectivity index (χ4v) is 5.12. The molecule has 1 aliphatic heterocycles. The molecule has 0 radical (unpaired) electrons. The first-order chi connectivity index (χ1) is 11.0. The number of carbonyl (C=O) groups is 1. The number of carbonyl (C=O) groups excluding carboxylic acids is 1. The molecule has 5 nitrogen and oxygen atoms in total. The van der Waals surface area contributed by atoms with Gasteiger partial charge >= 0.3 is 0 Å². The lowest BCUT2D eigenvalue weighted by Gasteiger charge is -2.27. The maximum Gasteiger partial charge on any atom is 0.251 e.